The van der Waals surface area contributed by atoms with Crippen molar-refractivity contribution in [2.24, 2.45) is 11.8 Å². The molecular weight excluding hydrogens is 538 g/mol. The monoisotopic (exact) mass is 573 g/mol. The molecule has 5 rings (SSSR count). The zero-order valence-electron chi connectivity index (χ0n) is 22.4. The summed E-state index contributed by atoms with van der Waals surface area (Å²) in [6.07, 6.45) is 8.73. The van der Waals surface area contributed by atoms with Crippen molar-refractivity contribution in [2.45, 2.75) is 49.7 Å². The molecule has 1 N–H and O–H groups in total. The summed E-state index contributed by atoms with van der Waals surface area (Å²) >= 11 is 6.29. The standard InChI is InChI=1S/C29H36ClN3O5S/c1-32-14-5-7-27(37-2)25-12-9-21(25)18-33-15-4-3-6-20-16-23(30)10-8-22(20)19-38-28-13-11-24(17-26(28)33)39(35,36)31-29(32)34/h5,7-8,10-11,13,16-17,21,25,27H,3-4,6,9,12,14-15,18-19H2,1-2H3,(H,31,34)/b7-5+/t21-,25+,27+/m0/s1. The van der Waals surface area contributed by atoms with Gasteiger partial charge in [0.15, 0.2) is 0 Å². The molecule has 2 bridgehead atoms. The van der Waals surface area contributed by atoms with Gasteiger partial charge < -0.3 is 19.3 Å². The second kappa shape index (κ2) is 11.8. The van der Waals surface area contributed by atoms with E-state index in [1.165, 1.54) is 16.5 Å². The maximum atomic E-state index is 13.3. The van der Waals surface area contributed by atoms with Crippen molar-refractivity contribution in [1.82, 2.24) is 9.62 Å². The van der Waals surface area contributed by atoms with E-state index in [1.807, 2.05) is 30.4 Å². The first-order valence-corrected chi connectivity index (χ1v) is 15.4. The highest BCUT2D eigenvalue weighted by Gasteiger charge is 2.38. The molecule has 1 aliphatic carbocycles. The van der Waals surface area contributed by atoms with Gasteiger partial charge in [-0.25, -0.2) is 17.9 Å². The summed E-state index contributed by atoms with van der Waals surface area (Å²) in [5.74, 6) is 1.34. The second-order valence-corrected chi connectivity index (χ2v) is 12.8. The fourth-order valence-electron chi connectivity index (χ4n) is 5.71. The number of hydrogen-bond acceptors (Lipinski definition) is 6. The van der Waals surface area contributed by atoms with E-state index in [0.29, 0.717) is 29.2 Å². The van der Waals surface area contributed by atoms with E-state index in [1.54, 1.807) is 26.3 Å². The quantitative estimate of drug-likeness (QED) is 0.483. The molecule has 3 aliphatic rings. The van der Waals surface area contributed by atoms with E-state index in [0.717, 1.165) is 56.4 Å². The number of likely N-dealkylation sites (N-methyl/N-ethyl adjacent to an activating group) is 1. The number of nitrogens with one attached hydrogen (secondary N) is 1. The van der Waals surface area contributed by atoms with Crippen molar-refractivity contribution >= 4 is 33.3 Å². The van der Waals surface area contributed by atoms with E-state index in [4.69, 9.17) is 21.1 Å². The number of hydrogen-bond donors (Lipinski definition) is 1. The number of aryl methyl sites for hydroxylation is 1. The predicted molar refractivity (Wildman–Crippen MR) is 152 cm³/mol. The van der Waals surface area contributed by atoms with Crippen molar-refractivity contribution < 1.29 is 22.7 Å². The van der Waals surface area contributed by atoms with Gasteiger partial charge in [0, 0.05) is 38.8 Å². The van der Waals surface area contributed by atoms with Gasteiger partial charge in [0.25, 0.3) is 10.0 Å². The number of carbonyl (C=O) groups is 1. The van der Waals surface area contributed by atoms with Gasteiger partial charge in [-0.05, 0) is 85.4 Å². The Morgan fingerprint density at radius 1 is 1.10 bits per heavy atom. The Labute approximate surface area is 236 Å². The maximum Gasteiger partial charge on any atom is 0.331 e. The third-order valence-corrected chi connectivity index (χ3v) is 9.71. The van der Waals surface area contributed by atoms with Gasteiger partial charge in [-0.1, -0.05) is 29.8 Å². The molecule has 0 spiro atoms. The minimum atomic E-state index is -4.10. The fraction of sp³-hybridized carbons (Fsp3) is 0.483. The van der Waals surface area contributed by atoms with Gasteiger partial charge in [-0.15, -0.1) is 0 Å². The third-order valence-electron chi connectivity index (χ3n) is 8.16. The first-order valence-electron chi connectivity index (χ1n) is 13.5. The SMILES string of the molecule is CO[C@@H]1/C=C/CN(C)C(=O)NS(=O)(=O)c2ccc3c(c2)N(CCCCc2cc(Cl)ccc2CO3)C[C@@H]2CC[C@H]21. The Kier molecular flexibility index (Phi) is 8.40. The minimum Gasteiger partial charge on any atom is -0.487 e. The summed E-state index contributed by atoms with van der Waals surface area (Å²) < 4.78 is 40.9. The summed E-state index contributed by atoms with van der Waals surface area (Å²) in [5.41, 5.74) is 2.96. The lowest BCUT2D eigenvalue weighted by Crippen LogP contribution is -2.43. The lowest BCUT2D eigenvalue weighted by atomic mass is 9.70. The molecule has 10 heteroatoms. The lowest BCUT2D eigenvalue weighted by molar-refractivity contribution is 0.0134. The molecule has 2 aliphatic heterocycles. The molecule has 39 heavy (non-hydrogen) atoms. The molecule has 2 amide bonds. The molecule has 0 aromatic heterocycles. The smallest absolute Gasteiger partial charge is 0.331 e. The van der Waals surface area contributed by atoms with Crippen LogP contribution < -0.4 is 14.4 Å². The van der Waals surface area contributed by atoms with Crippen molar-refractivity contribution in [1.29, 1.82) is 0 Å². The van der Waals surface area contributed by atoms with Crippen LogP contribution in [0.4, 0.5) is 10.5 Å². The molecule has 1 fully saturated rings. The Morgan fingerprint density at radius 2 is 1.95 bits per heavy atom. The zero-order valence-corrected chi connectivity index (χ0v) is 24.0. The number of rotatable bonds is 1. The summed E-state index contributed by atoms with van der Waals surface area (Å²) in [4.78, 5) is 16.4. The summed E-state index contributed by atoms with van der Waals surface area (Å²) in [7, 11) is -0.813. The van der Waals surface area contributed by atoms with Crippen molar-refractivity contribution in [3.8, 4) is 5.75 Å². The van der Waals surface area contributed by atoms with Gasteiger partial charge in [0.2, 0.25) is 0 Å². The molecule has 2 heterocycles. The highest BCUT2D eigenvalue weighted by molar-refractivity contribution is 7.90. The zero-order chi connectivity index (χ0) is 27.6. The fourth-order valence-corrected chi connectivity index (χ4v) is 6.92. The van der Waals surface area contributed by atoms with Crippen molar-refractivity contribution in [3.63, 3.8) is 0 Å². The first-order chi connectivity index (χ1) is 18.7. The Morgan fingerprint density at radius 3 is 2.72 bits per heavy atom. The first kappa shape index (κ1) is 27.8. The number of nitrogens with zero attached hydrogens (tertiary/aromatic N) is 2. The number of carbonyl (C=O) groups excluding carboxylic acids is 1. The summed E-state index contributed by atoms with van der Waals surface area (Å²) in [6, 6.07) is 10.0. The molecule has 2 aromatic carbocycles. The van der Waals surface area contributed by atoms with E-state index in [2.05, 4.69) is 9.62 Å². The molecular formula is C29H36ClN3O5S. The highest BCUT2D eigenvalue weighted by Crippen LogP contribution is 2.41. The molecule has 3 atom stereocenters. The number of halogens is 1. The van der Waals surface area contributed by atoms with Crippen LogP contribution in [0.1, 0.15) is 36.8 Å². The largest absolute Gasteiger partial charge is 0.487 e. The normalized spacial score (nSPS) is 26.2. The number of ether oxygens (including phenoxy) is 2. The number of urea groups is 1. The van der Waals surface area contributed by atoms with Gasteiger partial charge >= 0.3 is 6.03 Å². The van der Waals surface area contributed by atoms with Crippen LogP contribution in [-0.2, 0) is 27.8 Å². The van der Waals surface area contributed by atoms with Gasteiger partial charge in [0.05, 0.1) is 16.7 Å². The number of benzene rings is 2. The van der Waals surface area contributed by atoms with Crippen LogP contribution in [0.3, 0.4) is 0 Å². The van der Waals surface area contributed by atoms with Crippen LogP contribution in [0.25, 0.3) is 0 Å². The van der Waals surface area contributed by atoms with Gasteiger partial charge in [-0.2, -0.15) is 0 Å². The van der Waals surface area contributed by atoms with E-state index in [9.17, 15) is 13.2 Å². The molecule has 1 saturated carbocycles. The van der Waals surface area contributed by atoms with Crippen LogP contribution in [0.5, 0.6) is 5.75 Å². The van der Waals surface area contributed by atoms with Crippen LogP contribution in [0, 0.1) is 11.8 Å². The van der Waals surface area contributed by atoms with Crippen molar-refractivity contribution in [2.75, 3.05) is 38.7 Å². The molecule has 2 aromatic rings. The van der Waals surface area contributed by atoms with Crippen LogP contribution in [0.2, 0.25) is 5.02 Å². The minimum absolute atomic E-state index is 0.0315. The second-order valence-electron chi connectivity index (χ2n) is 10.7. The average Bonchev–Trinajstić information content (AvgIpc) is 2.92. The van der Waals surface area contributed by atoms with E-state index < -0.39 is 16.1 Å². The van der Waals surface area contributed by atoms with Crippen LogP contribution in [-0.4, -0.2) is 59.2 Å². The number of amides is 2. The molecule has 210 valence electrons. The number of methoxy groups -OCH3 is 1. The highest BCUT2D eigenvalue weighted by atomic mass is 35.5. The Bertz CT molecular complexity index is 1350. The molecule has 0 saturated heterocycles. The van der Waals surface area contributed by atoms with E-state index >= 15 is 0 Å². The average molecular weight is 574 g/mol. The lowest BCUT2D eigenvalue weighted by Gasteiger charge is -2.43. The molecule has 8 nitrogen and oxygen atoms in total. The number of anilines is 1. The maximum absolute atomic E-state index is 13.3. The molecule has 0 radical (unpaired) electrons. The Hall–Kier alpha value is -2.75. The Balaban J connectivity index is 1.56. The number of fused-ring (bicyclic) bond motifs is 3. The summed E-state index contributed by atoms with van der Waals surface area (Å²) in [6.45, 7) is 2.14. The predicted octanol–water partition coefficient (Wildman–Crippen LogP) is 5.00. The van der Waals surface area contributed by atoms with Gasteiger partial charge in [0.1, 0.15) is 12.4 Å². The third kappa shape index (κ3) is 6.21. The topological polar surface area (TPSA) is 88.2 Å². The van der Waals surface area contributed by atoms with Gasteiger partial charge in [-0.3, -0.25) is 0 Å². The van der Waals surface area contributed by atoms with Crippen LogP contribution in [0.15, 0.2) is 53.4 Å². The number of sulfonamides is 1. The van der Waals surface area contributed by atoms with Crippen LogP contribution >= 0.6 is 11.6 Å². The molecule has 0 unspecified atom stereocenters. The van der Waals surface area contributed by atoms with Crippen molar-refractivity contribution in [3.05, 3.63) is 64.7 Å². The summed E-state index contributed by atoms with van der Waals surface area (Å²) in [5, 5.41) is 0.708. The van der Waals surface area contributed by atoms with E-state index in [-0.39, 0.29) is 17.5 Å².